The highest BCUT2D eigenvalue weighted by molar-refractivity contribution is 6.38. The molecule has 0 saturated heterocycles. The van der Waals surface area contributed by atoms with E-state index in [4.69, 9.17) is 0 Å². The zero-order valence-electron chi connectivity index (χ0n) is 17.1. The molecular formula is C29H17NO2. The third kappa shape index (κ3) is 2.15. The minimum atomic E-state index is -0.230. The van der Waals surface area contributed by atoms with Crippen LogP contribution < -0.4 is 0 Å². The molecule has 0 unspecified atom stereocenters. The topological polar surface area (TPSA) is 37.4 Å². The van der Waals surface area contributed by atoms with Gasteiger partial charge in [0.1, 0.15) is 0 Å². The molecule has 3 heteroatoms. The highest BCUT2D eigenvalue weighted by Crippen LogP contribution is 2.43. The van der Waals surface area contributed by atoms with Gasteiger partial charge in [0, 0.05) is 16.5 Å². The number of amides is 2. The highest BCUT2D eigenvalue weighted by atomic mass is 16.2. The number of imide groups is 1. The van der Waals surface area contributed by atoms with Crippen molar-refractivity contribution in [2.75, 3.05) is 0 Å². The third-order valence-corrected chi connectivity index (χ3v) is 6.78. The zero-order chi connectivity index (χ0) is 21.4. The quantitative estimate of drug-likeness (QED) is 0.184. The molecule has 150 valence electrons. The van der Waals surface area contributed by atoms with Crippen LogP contribution in [0.3, 0.4) is 0 Å². The predicted octanol–water partition coefficient (Wildman–Crippen LogP) is 6.53. The van der Waals surface area contributed by atoms with E-state index in [0.29, 0.717) is 11.1 Å². The minimum absolute atomic E-state index is 0.230. The Balaban J connectivity index is 1.56. The first-order valence-electron chi connectivity index (χ1n) is 10.7. The molecule has 3 nitrogen and oxygen atoms in total. The standard InChI is InChI=1S/C29H17NO2/c31-28-23-14-12-21-19-10-4-8-18-9-5-11-20(25(18)19)22-13-15-24(27(23)26(21)22)29(32)30(28)16-17-6-2-1-3-7-17/h1-15H,16H2. The van der Waals surface area contributed by atoms with Gasteiger partial charge in [-0.05, 0) is 55.4 Å². The molecule has 0 fully saturated rings. The second kappa shape index (κ2) is 6.14. The van der Waals surface area contributed by atoms with E-state index in [1.54, 1.807) is 0 Å². The van der Waals surface area contributed by atoms with Crippen LogP contribution in [0.15, 0.2) is 91.0 Å². The maximum Gasteiger partial charge on any atom is 0.261 e. The lowest BCUT2D eigenvalue weighted by molar-refractivity contribution is 0.0598. The lowest BCUT2D eigenvalue weighted by atomic mass is 9.85. The maximum absolute atomic E-state index is 13.5. The fourth-order valence-electron chi connectivity index (χ4n) is 5.38. The highest BCUT2D eigenvalue weighted by Gasteiger charge is 2.34. The normalized spacial score (nSPS) is 13.8. The summed E-state index contributed by atoms with van der Waals surface area (Å²) in [5.41, 5.74) is 2.13. The molecule has 0 aromatic heterocycles. The average Bonchev–Trinajstić information content (AvgIpc) is 2.84. The van der Waals surface area contributed by atoms with Gasteiger partial charge in [0.05, 0.1) is 6.54 Å². The monoisotopic (exact) mass is 411 g/mol. The summed E-state index contributed by atoms with van der Waals surface area (Å²) in [4.78, 5) is 28.3. The minimum Gasteiger partial charge on any atom is -0.270 e. The van der Waals surface area contributed by atoms with Crippen molar-refractivity contribution in [1.29, 1.82) is 0 Å². The maximum atomic E-state index is 13.5. The lowest BCUT2D eigenvalue weighted by Gasteiger charge is -2.28. The van der Waals surface area contributed by atoms with Crippen molar-refractivity contribution in [2.45, 2.75) is 6.54 Å². The molecule has 0 aliphatic carbocycles. The van der Waals surface area contributed by atoms with Crippen LogP contribution in [0.2, 0.25) is 0 Å². The van der Waals surface area contributed by atoms with Crippen LogP contribution in [0.1, 0.15) is 26.3 Å². The number of fused-ring (bicyclic) bond motifs is 2. The van der Waals surface area contributed by atoms with Crippen molar-refractivity contribution in [3.8, 4) is 0 Å². The predicted molar refractivity (Wildman–Crippen MR) is 128 cm³/mol. The van der Waals surface area contributed by atoms with Gasteiger partial charge in [-0.1, -0.05) is 78.9 Å². The Morgan fingerprint density at radius 3 is 1.66 bits per heavy atom. The first-order chi connectivity index (χ1) is 15.7. The Morgan fingerprint density at radius 1 is 0.500 bits per heavy atom. The van der Waals surface area contributed by atoms with Crippen molar-refractivity contribution < 1.29 is 9.59 Å². The Morgan fingerprint density at radius 2 is 1.06 bits per heavy atom. The second-order valence-electron chi connectivity index (χ2n) is 8.46. The summed E-state index contributed by atoms with van der Waals surface area (Å²) in [5, 5.41) is 8.69. The summed E-state index contributed by atoms with van der Waals surface area (Å²) >= 11 is 0. The summed E-state index contributed by atoms with van der Waals surface area (Å²) in [5.74, 6) is -0.459. The van der Waals surface area contributed by atoms with E-state index < -0.39 is 0 Å². The molecule has 0 saturated carbocycles. The summed E-state index contributed by atoms with van der Waals surface area (Å²) in [6.07, 6.45) is 0. The number of rotatable bonds is 2. The SMILES string of the molecule is O=C1c2ccc3c4cccc5cccc(c6ccc(c2c36)C(=O)N1Cc1ccccc1)c54. The molecule has 6 aromatic carbocycles. The summed E-state index contributed by atoms with van der Waals surface area (Å²) in [6, 6.07) is 30.2. The molecule has 2 amide bonds. The van der Waals surface area contributed by atoms with Crippen LogP contribution in [0.5, 0.6) is 0 Å². The number of benzene rings is 6. The molecular weight excluding hydrogens is 394 g/mol. The molecule has 1 aliphatic heterocycles. The summed E-state index contributed by atoms with van der Waals surface area (Å²) in [6.45, 7) is 0.269. The van der Waals surface area contributed by atoms with Crippen molar-refractivity contribution in [3.05, 3.63) is 108 Å². The van der Waals surface area contributed by atoms with Gasteiger partial charge in [0.25, 0.3) is 11.8 Å². The number of nitrogens with zero attached hydrogens (tertiary/aromatic N) is 1. The van der Waals surface area contributed by atoms with Gasteiger partial charge in [-0.2, -0.15) is 0 Å². The van der Waals surface area contributed by atoms with Crippen molar-refractivity contribution in [2.24, 2.45) is 0 Å². The molecule has 1 aliphatic rings. The van der Waals surface area contributed by atoms with Gasteiger partial charge in [0.2, 0.25) is 0 Å². The molecule has 7 rings (SSSR count). The second-order valence-corrected chi connectivity index (χ2v) is 8.46. The molecule has 0 spiro atoms. The van der Waals surface area contributed by atoms with Crippen LogP contribution in [-0.4, -0.2) is 16.7 Å². The Labute approximate surface area is 183 Å². The first kappa shape index (κ1) is 17.4. The van der Waals surface area contributed by atoms with Gasteiger partial charge in [0.15, 0.2) is 0 Å². The Bertz CT molecular complexity index is 1630. The van der Waals surface area contributed by atoms with E-state index in [9.17, 15) is 9.59 Å². The number of carbonyl (C=O) groups excluding carboxylic acids is 2. The number of hydrogen-bond acceptors (Lipinski definition) is 2. The van der Waals surface area contributed by atoms with Gasteiger partial charge in [-0.3, -0.25) is 14.5 Å². The molecule has 0 N–H and O–H groups in total. The first-order valence-corrected chi connectivity index (χ1v) is 10.7. The van der Waals surface area contributed by atoms with E-state index in [2.05, 4.69) is 36.4 Å². The fourth-order valence-corrected chi connectivity index (χ4v) is 5.38. The van der Waals surface area contributed by atoms with E-state index in [0.717, 1.165) is 37.9 Å². The van der Waals surface area contributed by atoms with Crippen LogP contribution in [0, 0.1) is 0 Å². The molecule has 0 atom stereocenters. The van der Waals surface area contributed by atoms with Crippen LogP contribution in [-0.2, 0) is 6.54 Å². The van der Waals surface area contributed by atoms with E-state index in [1.165, 1.54) is 15.7 Å². The Kier molecular flexibility index (Phi) is 3.35. The molecule has 0 radical (unpaired) electrons. The fraction of sp³-hybridized carbons (Fsp3) is 0.0345. The van der Waals surface area contributed by atoms with E-state index in [-0.39, 0.29) is 18.4 Å². The summed E-state index contributed by atoms with van der Waals surface area (Å²) in [7, 11) is 0. The van der Waals surface area contributed by atoms with Gasteiger partial charge in [-0.25, -0.2) is 0 Å². The molecule has 6 aromatic rings. The number of hydrogen-bond donors (Lipinski definition) is 0. The molecule has 32 heavy (non-hydrogen) atoms. The molecule has 0 bridgehead atoms. The lowest BCUT2D eigenvalue weighted by Crippen LogP contribution is -2.39. The molecule has 1 heterocycles. The largest absolute Gasteiger partial charge is 0.270 e. The van der Waals surface area contributed by atoms with Crippen molar-refractivity contribution in [3.63, 3.8) is 0 Å². The Hall–Kier alpha value is -4.24. The van der Waals surface area contributed by atoms with Gasteiger partial charge >= 0.3 is 0 Å². The number of carbonyl (C=O) groups is 2. The van der Waals surface area contributed by atoms with E-state index >= 15 is 0 Å². The average molecular weight is 411 g/mol. The van der Waals surface area contributed by atoms with Gasteiger partial charge < -0.3 is 0 Å². The van der Waals surface area contributed by atoms with Crippen LogP contribution in [0.25, 0.3) is 43.1 Å². The van der Waals surface area contributed by atoms with Crippen molar-refractivity contribution >= 4 is 54.9 Å². The zero-order valence-corrected chi connectivity index (χ0v) is 17.1. The smallest absolute Gasteiger partial charge is 0.261 e. The third-order valence-electron chi connectivity index (χ3n) is 6.78. The summed E-state index contributed by atoms with van der Waals surface area (Å²) < 4.78 is 0. The van der Waals surface area contributed by atoms with Crippen molar-refractivity contribution in [1.82, 2.24) is 4.90 Å². The van der Waals surface area contributed by atoms with Crippen LogP contribution in [0.4, 0.5) is 0 Å². The van der Waals surface area contributed by atoms with E-state index in [1.807, 2.05) is 54.6 Å². The van der Waals surface area contributed by atoms with Crippen LogP contribution >= 0.6 is 0 Å². The van der Waals surface area contributed by atoms with Gasteiger partial charge in [-0.15, -0.1) is 0 Å².